The Morgan fingerprint density at radius 1 is 1.50 bits per heavy atom. The van der Waals surface area contributed by atoms with Crippen LogP contribution in [-0.2, 0) is 4.79 Å². The number of nitrogens with one attached hydrogen (secondary N) is 2. The van der Waals surface area contributed by atoms with E-state index in [2.05, 4.69) is 15.5 Å². The van der Waals surface area contributed by atoms with Crippen LogP contribution in [0, 0.1) is 6.92 Å². The number of aromatic nitrogens is 2. The normalized spacial score (nSPS) is 21.0. The molecule has 1 unspecified atom stereocenters. The number of H-pyrrole nitrogens is 1. The Bertz CT molecular complexity index is 715. The molecular formula is C14H15N3O4S. The number of carboxylic acid groups (broad SMARTS) is 1. The minimum Gasteiger partial charge on any atom is -0.479 e. The van der Waals surface area contributed by atoms with Crippen LogP contribution in [0.3, 0.4) is 0 Å². The van der Waals surface area contributed by atoms with E-state index in [-0.39, 0.29) is 5.69 Å². The summed E-state index contributed by atoms with van der Waals surface area (Å²) in [6, 6.07) is 5.13. The highest BCUT2D eigenvalue weighted by molar-refractivity contribution is 7.99. The van der Waals surface area contributed by atoms with Gasteiger partial charge < -0.3 is 14.8 Å². The molecule has 116 valence electrons. The number of carboxylic acids is 1. The lowest BCUT2D eigenvalue weighted by molar-refractivity contribution is -0.143. The first-order valence-electron chi connectivity index (χ1n) is 6.76. The van der Waals surface area contributed by atoms with Gasteiger partial charge in [0.25, 0.3) is 5.91 Å². The van der Waals surface area contributed by atoms with Gasteiger partial charge in [-0.15, -0.1) is 0 Å². The van der Waals surface area contributed by atoms with Crippen molar-refractivity contribution in [1.29, 1.82) is 0 Å². The summed E-state index contributed by atoms with van der Waals surface area (Å²) in [5.74, 6) is 0.892. The Kier molecular flexibility index (Phi) is 3.69. The maximum atomic E-state index is 12.3. The van der Waals surface area contributed by atoms with Gasteiger partial charge in [0.2, 0.25) is 0 Å². The topological polar surface area (TPSA) is 108 Å². The number of carbonyl (C=O) groups excluding carboxylic acids is 1. The van der Waals surface area contributed by atoms with Crippen molar-refractivity contribution in [2.75, 3.05) is 11.5 Å². The standard InChI is InChI=1S/C14H15N3O4S/c1-8-2-3-11(21-8)9-6-10(17-16-9)12(18)15-14(13(19)20)4-5-22-7-14/h2-3,6H,4-5,7H2,1H3,(H,15,18)(H,16,17)(H,19,20). The van der Waals surface area contributed by atoms with E-state index in [1.807, 2.05) is 13.0 Å². The Hall–Kier alpha value is -2.22. The molecule has 0 saturated carbocycles. The van der Waals surface area contributed by atoms with E-state index in [0.717, 1.165) is 5.76 Å². The van der Waals surface area contributed by atoms with Crippen LogP contribution >= 0.6 is 11.8 Å². The number of amides is 1. The molecule has 8 heteroatoms. The van der Waals surface area contributed by atoms with Crippen molar-refractivity contribution in [3.05, 3.63) is 29.7 Å². The third-order valence-electron chi connectivity index (χ3n) is 3.60. The second kappa shape index (κ2) is 5.53. The van der Waals surface area contributed by atoms with Crippen LogP contribution in [0.1, 0.15) is 22.7 Å². The molecule has 22 heavy (non-hydrogen) atoms. The molecule has 0 spiro atoms. The molecule has 1 aliphatic rings. The number of aryl methyl sites for hydroxylation is 1. The van der Waals surface area contributed by atoms with Crippen molar-refractivity contribution in [2.24, 2.45) is 0 Å². The number of thioether (sulfide) groups is 1. The van der Waals surface area contributed by atoms with Gasteiger partial charge in [-0.05, 0) is 31.2 Å². The molecule has 2 aromatic heterocycles. The van der Waals surface area contributed by atoms with E-state index in [4.69, 9.17) is 4.42 Å². The minimum absolute atomic E-state index is 0.140. The lowest BCUT2D eigenvalue weighted by Gasteiger charge is -2.23. The number of rotatable bonds is 4. The summed E-state index contributed by atoms with van der Waals surface area (Å²) in [6.45, 7) is 1.82. The summed E-state index contributed by atoms with van der Waals surface area (Å²) in [6.07, 6.45) is 0.410. The van der Waals surface area contributed by atoms with Crippen LogP contribution < -0.4 is 5.32 Å². The molecule has 0 aromatic carbocycles. The number of furan rings is 1. The van der Waals surface area contributed by atoms with Crippen molar-refractivity contribution >= 4 is 23.6 Å². The molecule has 1 fully saturated rings. The predicted molar refractivity (Wildman–Crippen MR) is 80.8 cm³/mol. The highest BCUT2D eigenvalue weighted by Gasteiger charge is 2.43. The quantitative estimate of drug-likeness (QED) is 0.790. The van der Waals surface area contributed by atoms with E-state index in [9.17, 15) is 14.7 Å². The third kappa shape index (κ3) is 2.61. The fourth-order valence-corrected chi connectivity index (χ4v) is 3.64. The van der Waals surface area contributed by atoms with E-state index in [1.54, 1.807) is 12.1 Å². The second-order valence-electron chi connectivity index (χ2n) is 5.22. The summed E-state index contributed by atoms with van der Waals surface area (Å²) in [4.78, 5) is 23.7. The Balaban J connectivity index is 1.78. The van der Waals surface area contributed by atoms with E-state index < -0.39 is 17.4 Å². The minimum atomic E-state index is -1.21. The first-order chi connectivity index (χ1) is 10.5. The van der Waals surface area contributed by atoms with Crippen LogP contribution in [0.25, 0.3) is 11.5 Å². The largest absolute Gasteiger partial charge is 0.479 e. The lowest BCUT2D eigenvalue weighted by atomic mass is 9.99. The highest BCUT2D eigenvalue weighted by atomic mass is 32.2. The van der Waals surface area contributed by atoms with E-state index >= 15 is 0 Å². The van der Waals surface area contributed by atoms with Crippen molar-refractivity contribution in [3.63, 3.8) is 0 Å². The summed E-state index contributed by atoms with van der Waals surface area (Å²) in [5.41, 5.74) is -0.493. The Labute approximate surface area is 130 Å². The molecule has 1 aliphatic heterocycles. The molecule has 3 N–H and O–H groups in total. The molecule has 7 nitrogen and oxygen atoms in total. The van der Waals surface area contributed by atoms with Crippen LogP contribution in [0.5, 0.6) is 0 Å². The molecule has 3 rings (SSSR count). The van der Waals surface area contributed by atoms with Gasteiger partial charge in [0.05, 0.1) is 0 Å². The molecule has 1 saturated heterocycles. The maximum Gasteiger partial charge on any atom is 0.330 e. The molecule has 1 atom stereocenters. The molecule has 0 radical (unpaired) electrons. The summed E-state index contributed by atoms with van der Waals surface area (Å²) in [5, 5.41) is 18.6. The fraction of sp³-hybridized carbons (Fsp3) is 0.357. The predicted octanol–water partition coefficient (Wildman–Crippen LogP) is 1.67. The molecule has 1 amide bonds. The van der Waals surface area contributed by atoms with Crippen LogP contribution in [0.15, 0.2) is 22.6 Å². The van der Waals surface area contributed by atoms with E-state index in [0.29, 0.717) is 29.4 Å². The van der Waals surface area contributed by atoms with Crippen molar-refractivity contribution < 1.29 is 19.1 Å². The van der Waals surface area contributed by atoms with Gasteiger partial charge in [-0.2, -0.15) is 16.9 Å². The zero-order valence-corrected chi connectivity index (χ0v) is 12.7. The van der Waals surface area contributed by atoms with Crippen molar-refractivity contribution in [1.82, 2.24) is 15.5 Å². The number of carbonyl (C=O) groups is 2. The number of aliphatic carboxylic acids is 1. The van der Waals surface area contributed by atoms with Gasteiger partial charge in [0, 0.05) is 11.8 Å². The molecule has 0 aliphatic carbocycles. The smallest absolute Gasteiger partial charge is 0.330 e. The number of nitrogens with zero attached hydrogens (tertiary/aromatic N) is 1. The SMILES string of the molecule is Cc1ccc(-c2cc(C(=O)NC3(C(=O)O)CCSC3)n[nH]2)o1. The Morgan fingerprint density at radius 2 is 2.32 bits per heavy atom. The lowest BCUT2D eigenvalue weighted by Crippen LogP contribution is -2.54. The van der Waals surface area contributed by atoms with Crippen LogP contribution in [0.2, 0.25) is 0 Å². The first kappa shape index (κ1) is 14.7. The number of hydrogen-bond donors (Lipinski definition) is 3. The number of hydrogen-bond acceptors (Lipinski definition) is 5. The van der Waals surface area contributed by atoms with Crippen LogP contribution in [-0.4, -0.2) is 44.2 Å². The van der Waals surface area contributed by atoms with Crippen molar-refractivity contribution in [2.45, 2.75) is 18.9 Å². The zero-order valence-electron chi connectivity index (χ0n) is 11.9. The van der Waals surface area contributed by atoms with Gasteiger partial charge in [-0.3, -0.25) is 9.89 Å². The second-order valence-corrected chi connectivity index (χ2v) is 6.33. The average molecular weight is 321 g/mol. The molecule has 3 heterocycles. The molecule has 0 bridgehead atoms. The molecular weight excluding hydrogens is 306 g/mol. The van der Waals surface area contributed by atoms with Gasteiger partial charge in [-0.1, -0.05) is 0 Å². The van der Waals surface area contributed by atoms with Crippen molar-refractivity contribution in [3.8, 4) is 11.5 Å². The third-order valence-corrected chi connectivity index (χ3v) is 4.79. The van der Waals surface area contributed by atoms with Gasteiger partial charge in [0.15, 0.2) is 11.5 Å². The summed E-state index contributed by atoms with van der Waals surface area (Å²) < 4.78 is 5.45. The Morgan fingerprint density at radius 3 is 2.91 bits per heavy atom. The van der Waals surface area contributed by atoms with Crippen LogP contribution in [0.4, 0.5) is 0 Å². The van der Waals surface area contributed by atoms with E-state index in [1.165, 1.54) is 11.8 Å². The monoisotopic (exact) mass is 321 g/mol. The summed E-state index contributed by atoms with van der Waals surface area (Å²) in [7, 11) is 0. The highest BCUT2D eigenvalue weighted by Crippen LogP contribution is 2.29. The first-order valence-corrected chi connectivity index (χ1v) is 7.91. The summed E-state index contributed by atoms with van der Waals surface area (Å²) >= 11 is 1.51. The van der Waals surface area contributed by atoms with Gasteiger partial charge in [-0.25, -0.2) is 4.79 Å². The molecule has 2 aromatic rings. The zero-order chi connectivity index (χ0) is 15.7. The average Bonchev–Trinajstić information content (AvgIpc) is 3.17. The van der Waals surface area contributed by atoms with Gasteiger partial charge >= 0.3 is 5.97 Å². The fourth-order valence-electron chi connectivity index (χ4n) is 2.31. The number of aromatic amines is 1. The maximum absolute atomic E-state index is 12.3. The van der Waals surface area contributed by atoms with Gasteiger partial charge in [0.1, 0.15) is 17.0 Å².